The van der Waals surface area contributed by atoms with Crippen molar-refractivity contribution in [3.63, 3.8) is 0 Å². The van der Waals surface area contributed by atoms with E-state index in [1.807, 2.05) is 43.3 Å². The van der Waals surface area contributed by atoms with Gasteiger partial charge in [0.1, 0.15) is 5.69 Å². The maximum absolute atomic E-state index is 12.4. The molecule has 1 amide bonds. The lowest BCUT2D eigenvalue weighted by molar-refractivity contribution is 0.102. The van der Waals surface area contributed by atoms with Crippen LogP contribution in [0.2, 0.25) is 0 Å². The van der Waals surface area contributed by atoms with Crippen LogP contribution in [0.4, 0.5) is 11.6 Å². The van der Waals surface area contributed by atoms with Gasteiger partial charge in [-0.2, -0.15) is 0 Å². The van der Waals surface area contributed by atoms with Crippen molar-refractivity contribution in [3.8, 4) is 0 Å². The highest BCUT2D eigenvalue weighted by Gasteiger charge is 2.10. The van der Waals surface area contributed by atoms with Crippen molar-refractivity contribution in [1.82, 2.24) is 15.0 Å². The molecule has 2 aromatic heterocycles. The van der Waals surface area contributed by atoms with Gasteiger partial charge in [-0.25, -0.2) is 9.97 Å². The van der Waals surface area contributed by atoms with E-state index in [9.17, 15) is 4.79 Å². The second-order valence-electron chi connectivity index (χ2n) is 5.65. The number of benzene rings is 1. The Labute approximate surface area is 146 Å². The number of hydrogen-bond acceptors (Lipinski definition) is 5. The van der Waals surface area contributed by atoms with Crippen LogP contribution in [0.5, 0.6) is 0 Å². The first-order valence-corrected chi connectivity index (χ1v) is 7.96. The van der Waals surface area contributed by atoms with Crippen LogP contribution in [-0.4, -0.2) is 27.9 Å². The Kier molecular flexibility index (Phi) is 4.99. The molecule has 0 aliphatic heterocycles. The smallest absolute Gasteiger partial charge is 0.274 e. The van der Waals surface area contributed by atoms with Crippen molar-refractivity contribution >= 4 is 17.5 Å². The molecule has 1 aromatic carbocycles. The molecule has 2 heterocycles. The van der Waals surface area contributed by atoms with Gasteiger partial charge < -0.3 is 10.6 Å². The van der Waals surface area contributed by atoms with Gasteiger partial charge in [0.2, 0.25) is 5.95 Å². The summed E-state index contributed by atoms with van der Waals surface area (Å²) in [6.07, 6.45) is 4.40. The Morgan fingerprint density at radius 1 is 1.00 bits per heavy atom. The predicted octanol–water partition coefficient (Wildman–Crippen LogP) is 3.06. The van der Waals surface area contributed by atoms with E-state index in [2.05, 4.69) is 25.6 Å². The van der Waals surface area contributed by atoms with Crippen LogP contribution in [0.25, 0.3) is 0 Å². The van der Waals surface area contributed by atoms with E-state index in [1.54, 1.807) is 25.5 Å². The number of aromatic nitrogens is 3. The van der Waals surface area contributed by atoms with Crippen LogP contribution in [-0.2, 0) is 6.42 Å². The highest BCUT2D eigenvalue weighted by Crippen LogP contribution is 2.14. The normalized spacial score (nSPS) is 10.3. The van der Waals surface area contributed by atoms with Gasteiger partial charge in [-0.3, -0.25) is 9.78 Å². The van der Waals surface area contributed by atoms with E-state index in [0.717, 1.165) is 17.8 Å². The van der Waals surface area contributed by atoms with Gasteiger partial charge in [-0.1, -0.05) is 12.1 Å². The van der Waals surface area contributed by atoms with E-state index in [1.165, 1.54) is 11.1 Å². The maximum Gasteiger partial charge on any atom is 0.274 e. The molecule has 0 aliphatic carbocycles. The first-order chi connectivity index (χ1) is 12.1. The van der Waals surface area contributed by atoms with E-state index in [0.29, 0.717) is 11.6 Å². The molecule has 0 spiro atoms. The summed E-state index contributed by atoms with van der Waals surface area (Å²) in [5.74, 6) is 0.168. The molecule has 0 saturated carbocycles. The van der Waals surface area contributed by atoms with E-state index in [4.69, 9.17) is 0 Å². The molecule has 0 atom stereocenters. The SMILES string of the molecule is CNc1nc(C)cc(C(=O)Nc2ccc(Cc3ccncc3)cc2)n1. The highest BCUT2D eigenvalue weighted by atomic mass is 16.1. The van der Waals surface area contributed by atoms with Crippen molar-refractivity contribution in [2.24, 2.45) is 0 Å². The lowest BCUT2D eigenvalue weighted by Crippen LogP contribution is -2.15. The number of carbonyl (C=O) groups is 1. The van der Waals surface area contributed by atoms with Gasteiger partial charge in [0, 0.05) is 30.8 Å². The zero-order chi connectivity index (χ0) is 17.6. The minimum atomic E-state index is -0.260. The largest absolute Gasteiger partial charge is 0.357 e. The second kappa shape index (κ2) is 7.53. The predicted molar refractivity (Wildman–Crippen MR) is 97.8 cm³/mol. The molecular weight excluding hydrogens is 314 g/mol. The Balaban J connectivity index is 1.69. The van der Waals surface area contributed by atoms with Crippen molar-refractivity contribution in [2.45, 2.75) is 13.3 Å². The Hall–Kier alpha value is -3.28. The summed E-state index contributed by atoms with van der Waals surface area (Å²) in [7, 11) is 1.72. The monoisotopic (exact) mass is 333 g/mol. The lowest BCUT2D eigenvalue weighted by atomic mass is 10.1. The number of carbonyl (C=O) groups excluding carboxylic acids is 1. The molecule has 0 saturated heterocycles. The number of rotatable bonds is 5. The molecule has 6 heteroatoms. The number of nitrogens with one attached hydrogen (secondary N) is 2. The molecule has 0 bridgehead atoms. The number of pyridine rings is 1. The second-order valence-corrected chi connectivity index (χ2v) is 5.65. The van der Waals surface area contributed by atoms with E-state index >= 15 is 0 Å². The molecule has 0 radical (unpaired) electrons. The average Bonchev–Trinajstić information content (AvgIpc) is 2.63. The molecule has 25 heavy (non-hydrogen) atoms. The number of amides is 1. The van der Waals surface area contributed by atoms with Crippen LogP contribution in [0, 0.1) is 6.92 Å². The van der Waals surface area contributed by atoms with E-state index < -0.39 is 0 Å². The Morgan fingerprint density at radius 3 is 2.36 bits per heavy atom. The maximum atomic E-state index is 12.4. The van der Waals surface area contributed by atoms with Gasteiger partial charge in [-0.15, -0.1) is 0 Å². The van der Waals surface area contributed by atoms with Crippen LogP contribution < -0.4 is 10.6 Å². The summed E-state index contributed by atoms with van der Waals surface area (Å²) in [6, 6.07) is 13.4. The fourth-order valence-corrected chi connectivity index (χ4v) is 2.43. The van der Waals surface area contributed by atoms with Crippen molar-refractivity contribution in [1.29, 1.82) is 0 Å². The molecule has 0 fully saturated rings. The van der Waals surface area contributed by atoms with Crippen LogP contribution in [0.15, 0.2) is 54.9 Å². The van der Waals surface area contributed by atoms with Gasteiger partial charge in [0.25, 0.3) is 5.91 Å². The minimum Gasteiger partial charge on any atom is -0.357 e. The summed E-state index contributed by atoms with van der Waals surface area (Å²) in [6.45, 7) is 1.83. The summed E-state index contributed by atoms with van der Waals surface area (Å²) in [5.41, 5.74) is 4.16. The van der Waals surface area contributed by atoms with Gasteiger partial charge in [-0.05, 0) is 54.8 Å². The lowest BCUT2D eigenvalue weighted by Gasteiger charge is -2.08. The van der Waals surface area contributed by atoms with Crippen LogP contribution >= 0.6 is 0 Å². The Bertz CT molecular complexity index is 863. The number of aryl methyl sites for hydroxylation is 1. The fourth-order valence-electron chi connectivity index (χ4n) is 2.43. The topological polar surface area (TPSA) is 79.8 Å². The van der Waals surface area contributed by atoms with Gasteiger partial charge in [0.05, 0.1) is 0 Å². The molecule has 2 N–H and O–H groups in total. The third-order valence-corrected chi connectivity index (χ3v) is 3.68. The van der Waals surface area contributed by atoms with Crippen molar-refractivity contribution < 1.29 is 4.79 Å². The first kappa shape index (κ1) is 16.6. The highest BCUT2D eigenvalue weighted by molar-refractivity contribution is 6.03. The van der Waals surface area contributed by atoms with Crippen molar-refractivity contribution in [2.75, 3.05) is 17.7 Å². The Morgan fingerprint density at radius 2 is 1.68 bits per heavy atom. The molecule has 3 rings (SSSR count). The molecule has 3 aromatic rings. The average molecular weight is 333 g/mol. The molecule has 0 aliphatic rings. The third-order valence-electron chi connectivity index (χ3n) is 3.68. The molecule has 6 nitrogen and oxygen atoms in total. The van der Waals surface area contributed by atoms with E-state index in [-0.39, 0.29) is 5.91 Å². The van der Waals surface area contributed by atoms with Crippen LogP contribution in [0.3, 0.4) is 0 Å². The number of nitrogens with zero attached hydrogens (tertiary/aromatic N) is 3. The fraction of sp³-hybridized carbons (Fsp3) is 0.158. The van der Waals surface area contributed by atoms with Gasteiger partial charge >= 0.3 is 0 Å². The third kappa shape index (κ3) is 4.38. The minimum absolute atomic E-state index is 0.260. The van der Waals surface area contributed by atoms with Crippen molar-refractivity contribution in [3.05, 3.63) is 77.4 Å². The quantitative estimate of drug-likeness (QED) is 0.750. The summed E-state index contributed by atoms with van der Waals surface area (Å²) < 4.78 is 0. The summed E-state index contributed by atoms with van der Waals surface area (Å²) in [4.78, 5) is 24.8. The molecular formula is C19H19N5O. The summed E-state index contributed by atoms with van der Waals surface area (Å²) in [5, 5.41) is 5.71. The zero-order valence-electron chi connectivity index (χ0n) is 14.2. The van der Waals surface area contributed by atoms with Gasteiger partial charge in [0.15, 0.2) is 0 Å². The molecule has 126 valence electrons. The number of anilines is 2. The first-order valence-electron chi connectivity index (χ1n) is 7.96. The standard InChI is InChI=1S/C19H19N5O/c1-13-11-17(24-19(20-2)22-13)18(25)23-16-5-3-14(4-6-16)12-15-7-9-21-10-8-15/h3-11H,12H2,1-2H3,(H,23,25)(H,20,22,24). The molecule has 0 unspecified atom stereocenters. The number of hydrogen-bond donors (Lipinski definition) is 2. The van der Waals surface area contributed by atoms with Crippen LogP contribution in [0.1, 0.15) is 27.3 Å². The summed E-state index contributed by atoms with van der Waals surface area (Å²) >= 11 is 0. The zero-order valence-corrected chi connectivity index (χ0v) is 14.2.